The Hall–Kier alpha value is -0.0200. The van der Waals surface area contributed by atoms with E-state index in [9.17, 15) is 4.57 Å². The van der Waals surface area contributed by atoms with Crippen LogP contribution in [0.3, 0.4) is 0 Å². The maximum Gasteiger partial charge on any atom is 0.728 e. The molecule has 0 aliphatic rings. The van der Waals surface area contributed by atoms with Gasteiger partial charge >= 0.3 is 8.25 Å². The minimum absolute atomic E-state index is 1.26. The Kier molecular flexibility index (Phi) is 4.14. The summed E-state index contributed by atoms with van der Waals surface area (Å²) in [7, 11) is 0.467. The van der Waals surface area contributed by atoms with Crippen LogP contribution in [-0.4, -0.2) is 14.2 Å². The van der Waals surface area contributed by atoms with E-state index in [1.807, 2.05) is 0 Å². The van der Waals surface area contributed by atoms with Crippen LogP contribution in [0.5, 0.6) is 0 Å². The van der Waals surface area contributed by atoms with E-state index < -0.39 is 8.25 Å². The van der Waals surface area contributed by atoms with Crippen LogP contribution < -0.4 is 0 Å². The second-order valence-corrected chi connectivity index (χ2v) is 1.61. The Morgan fingerprint density at radius 3 is 2.14 bits per heavy atom. The first kappa shape index (κ1) is 6.98. The fourth-order valence-corrected chi connectivity index (χ4v) is 0.274. The first-order chi connectivity index (χ1) is 3.31. The smallest absolute Gasteiger partial charge is 0.191 e. The molecule has 0 aliphatic carbocycles. The van der Waals surface area contributed by atoms with Gasteiger partial charge in [0, 0.05) is 4.57 Å². The molecule has 0 radical (unpaired) electrons. The molecule has 0 aromatic rings. The van der Waals surface area contributed by atoms with Gasteiger partial charge < -0.3 is 0 Å². The van der Waals surface area contributed by atoms with Crippen molar-refractivity contribution in [2.45, 2.75) is 0 Å². The lowest BCUT2D eigenvalue weighted by molar-refractivity contribution is -0.180. The molecule has 0 fully saturated rings. The van der Waals surface area contributed by atoms with Crippen molar-refractivity contribution >= 4 is 8.25 Å². The van der Waals surface area contributed by atoms with Crippen molar-refractivity contribution in [3.8, 4) is 0 Å². The largest absolute Gasteiger partial charge is 0.728 e. The van der Waals surface area contributed by atoms with Crippen LogP contribution in [0.25, 0.3) is 0 Å². The fraction of sp³-hybridized carbons (Fsp3) is 1.00. The van der Waals surface area contributed by atoms with Crippen LogP contribution in [0.1, 0.15) is 0 Å². The monoisotopic (exact) mass is 125 g/mol. The highest BCUT2D eigenvalue weighted by atomic mass is 31.1. The topological polar surface area (TPSA) is 44.8 Å². The second-order valence-electron chi connectivity index (χ2n) is 0.647. The third-order valence-corrected chi connectivity index (χ3v) is 0.853. The third-order valence-electron chi connectivity index (χ3n) is 0.284. The van der Waals surface area contributed by atoms with Gasteiger partial charge in [-0.25, -0.2) is 0 Å². The summed E-state index contributed by atoms with van der Waals surface area (Å²) in [5.41, 5.74) is 0. The molecule has 42 valence electrons. The lowest BCUT2D eigenvalue weighted by atomic mass is 11.8. The summed E-state index contributed by atoms with van der Waals surface area (Å²) < 4.78 is 18.1. The predicted octanol–water partition coefficient (Wildman–Crippen LogP) is 0.868. The van der Waals surface area contributed by atoms with Gasteiger partial charge in [-0.15, -0.1) is 4.52 Å². The van der Waals surface area contributed by atoms with Crippen molar-refractivity contribution in [3.63, 3.8) is 0 Å². The van der Waals surface area contributed by atoms with E-state index in [0.717, 1.165) is 0 Å². The summed E-state index contributed by atoms with van der Waals surface area (Å²) in [6.45, 7) is 0. The minimum Gasteiger partial charge on any atom is -0.191 e. The van der Waals surface area contributed by atoms with Gasteiger partial charge in [0.15, 0.2) is 0 Å². The molecular weight excluding hydrogens is 119 g/mol. The maximum atomic E-state index is 9.99. The summed E-state index contributed by atoms with van der Waals surface area (Å²) in [6, 6.07) is 0. The molecule has 1 atom stereocenters. The lowest BCUT2D eigenvalue weighted by Gasteiger charge is -1.74. The normalized spacial score (nSPS) is 11.4. The van der Waals surface area contributed by atoms with Crippen molar-refractivity contribution in [2.24, 2.45) is 0 Å². The van der Waals surface area contributed by atoms with E-state index >= 15 is 0 Å². The van der Waals surface area contributed by atoms with Crippen molar-refractivity contribution in [1.29, 1.82) is 0 Å². The zero-order valence-corrected chi connectivity index (χ0v) is 4.97. The van der Waals surface area contributed by atoms with E-state index in [0.29, 0.717) is 0 Å². The van der Waals surface area contributed by atoms with Gasteiger partial charge in [0.25, 0.3) is 0 Å². The fourth-order valence-electron chi connectivity index (χ4n) is 0.0913. The van der Waals surface area contributed by atoms with Crippen LogP contribution in [0.2, 0.25) is 0 Å². The van der Waals surface area contributed by atoms with Gasteiger partial charge in [-0.05, 0) is 0 Å². The van der Waals surface area contributed by atoms with E-state index in [2.05, 4.69) is 14.1 Å². The highest BCUT2D eigenvalue weighted by Gasteiger charge is 2.16. The van der Waals surface area contributed by atoms with E-state index in [-0.39, 0.29) is 0 Å². The number of rotatable bonds is 3. The molecular formula is C2H6O4P+. The predicted molar refractivity (Wildman–Crippen MR) is 22.7 cm³/mol. The van der Waals surface area contributed by atoms with Crippen molar-refractivity contribution in [1.82, 2.24) is 0 Å². The highest BCUT2D eigenvalue weighted by Crippen LogP contribution is 2.20. The van der Waals surface area contributed by atoms with Crippen LogP contribution in [0, 0.1) is 0 Å². The summed E-state index contributed by atoms with van der Waals surface area (Å²) in [5, 5.41) is 0. The Balaban J connectivity index is 3.00. The lowest BCUT2D eigenvalue weighted by Crippen LogP contribution is -1.76. The van der Waals surface area contributed by atoms with Crippen molar-refractivity contribution in [2.75, 3.05) is 14.2 Å². The van der Waals surface area contributed by atoms with Gasteiger partial charge in [0.05, 0.1) is 18.9 Å². The molecule has 0 spiro atoms. The molecule has 0 N–H and O–H groups in total. The average Bonchev–Trinajstić information content (AvgIpc) is 1.68. The van der Waals surface area contributed by atoms with Gasteiger partial charge in [0.2, 0.25) is 0 Å². The van der Waals surface area contributed by atoms with Crippen LogP contribution >= 0.6 is 8.25 Å². The third kappa shape index (κ3) is 3.82. The highest BCUT2D eigenvalue weighted by molar-refractivity contribution is 7.33. The molecule has 0 amide bonds. The minimum atomic E-state index is -2.05. The zero-order chi connectivity index (χ0) is 5.70. The van der Waals surface area contributed by atoms with Crippen LogP contribution in [0.15, 0.2) is 0 Å². The Bertz CT molecular complexity index is 62.7. The molecule has 0 rings (SSSR count). The summed E-state index contributed by atoms with van der Waals surface area (Å²) in [5.74, 6) is 0. The number of hydrogen-bond donors (Lipinski definition) is 0. The molecule has 0 saturated heterocycles. The van der Waals surface area contributed by atoms with Crippen LogP contribution in [0.4, 0.5) is 0 Å². The summed E-state index contributed by atoms with van der Waals surface area (Å²) >= 11 is 0. The number of hydrogen-bond acceptors (Lipinski definition) is 4. The molecule has 7 heavy (non-hydrogen) atoms. The summed E-state index contributed by atoms with van der Waals surface area (Å²) in [4.78, 5) is 3.99. The van der Waals surface area contributed by atoms with Gasteiger partial charge in [0.1, 0.15) is 0 Å². The second kappa shape index (κ2) is 4.15. The molecule has 0 heterocycles. The quantitative estimate of drug-likeness (QED) is 0.319. The molecule has 1 unspecified atom stereocenters. The van der Waals surface area contributed by atoms with Gasteiger partial charge in [-0.3, -0.25) is 0 Å². The van der Waals surface area contributed by atoms with E-state index in [4.69, 9.17) is 0 Å². The van der Waals surface area contributed by atoms with Gasteiger partial charge in [-0.1, -0.05) is 0 Å². The maximum absolute atomic E-state index is 9.99. The molecule has 0 aromatic heterocycles. The van der Waals surface area contributed by atoms with Gasteiger partial charge in [-0.2, -0.15) is 4.89 Å². The standard InChI is InChI=1S/C2H6O4P/c1-4-6-7(3)5-2/h1-2H3/q+1. The molecule has 0 aliphatic heterocycles. The first-order valence-electron chi connectivity index (χ1n) is 1.53. The molecule has 0 bridgehead atoms. The molecule has 4 nitrogen and oxygen atoms in total. The average molecular weight is 125 g/mol. The van der Waals surface area contributed by atoms with Crippen molar-refractivity contribution in [3.05, 3.63) is 0 Å². The van der Waals surface area contributed by atoms with Crippen molar-refractivity contribution < 1.29 is 18.7 Å². The van der Waals surface area contributed by atoms with E-state index in [1.54, 1.807) is 0 Å². The Morgan fingerprint density at radius 1 is 1.43 bits per heavy atom. The SMILES string of the molecule is COO[P+](=O)OC. The molecule has 0 aromatic carbocycles. The van der Waals surface area contributed by atoms with E-state index in [1.165, 1.54) is 14.2 Å². The molecule has 5 heteroatoms. The zero-order valence-electron chi connectivity index (χ0n) is 4.08. The Labute approximate surface area is 42.3 Å². The first-order valence-corrected chi connectivity index (χ1v) is 2.63. The Morgan fingerprint density at radius 2 is 2.00 bits per heavy atom. The van der Waals surface area contributed by atoms with Crippen LogP contribution in [-0.2, 0) is 18.7 Å². The molecule has 0 saturated carbocycles. The summed E-state index contributed by atoms with van der Waals surface area (Å²) in [6.07, 6.45) is 0.